The van der Waals surface area contributed by atoms with Crippen molar-refractivity contribution in [2.75, 3.05) is 33.8 Å². The number of ether oxygens (including phenoxy) is 3. The van der Waals surface area contributed by atoms with Gasteiger partial charge < -0.3 is 29.1 Å². The second-order valence-corrected chi connectivity index (χ2v) is 10.8. The maximum atomic E-state index is 13.9. The number of amides is 1. The van der Waals surface area contributed by atoms with E-state index in [9.17, 15) is 14.7 Å². The van der Waals surface area contributed by atoms with Crippen LogP contribution in [-0.4, -0.2) is 56.5 Å². The summed E-state index contributed by atoms with van der Waals surface area (Å²) in [6.45, 7) is 5.53. The molecule has 0 radical (unpaired) electrons. The number of benzene rings is 3. The lowest BCUT2D eigenvalue weighted by molar-refractivity contribution is -0.857. The van der Waals surface area contributed by atoms with E-state index in [0.29, 0.717) is 55.4 Å². The van der Waals surface area contributed by atoms with Crippen LogP contribution >= 0.6 is 0 Å². The number of nitrogens with zero attached hydrogens (tertiary/aromatic N) is 1. The summed E-state index contributed by atoms with van der Waals surface area (Å²) in [5.74, 6) is -0.104. The van der Waals surface area contributed by atoms with Crippen LogP contribution < -0.4 is 24.2 Å². The zero-order valence-corrected chi connectivity index (χ0v) is 23.9. The van der Waals surface area contributed by atoms with Gasteiger partial charge in [0.15, 0.2) is 11.5 Å². The van der Waals surface area contributed by atoms with Crippen molar-refractivity contribution in [1.29, 1.82) is 0 Å². The standard InChI is InChI=1S/C33H36N2O6/c1-5-39-28-19-23(11-14-27(28)40-20-22-9-7-6-8-10-22)30-29(32(37)33(38)35(30)16-15-34(3)4)31(36)24-12-13-26-25(18-24)17-21(2)41-26/h6-14,18-19,21,30,36H,5,15-17,20H2,1-4H3/b31-29+. The Bertz CT molecular complexity index is 1470. The van der Waals surface area contributed by atoms with Crippen LogP contribution in [0.2, 0.25) is 0 Å². The molecule has 2 atom stereocenters. The van der Waals surface area contributed by atoms with Gasteiger partial charge >= 0.3 is 0 Å². The fourth-order valence-corrected chi connectivity index (χ4v) is 5.33. The van der Waals surface area contributed by atoms with Gasteiger partial charge in [-0.2, -0.15) is 0 Å². The fourth-order valence-electron chi connectivity index (χ4n) is 5.33. The lowest BCUT2D eigenvalue weighted by Gasteiger charge is -2.28. The largest absolute Gasteiger partial charge is 0.872 e. The molecular weight excluding hydrogens is 520 g/mol. The molecule has 3 aromatic carbocycles. The molecule has 1 amide bonds. The summed E-state index contributed by atoms with van der Waals surface area (Å²) in [6, 6.07) is 19.5. The zero-order valence-electron chi connectivity index (χ0n) is 23.9. The summed E-state index contributed by atoms with van der Waals surface area (Å²) in [5.41, 5.74) is 2.88. The Labute approximate surface area is 240 Å². The van der Waals surface area contributed by atoms with E-state index < -0.39 is 23.5 Å². The van der Waals surface area contributed by atoms with E-state index in [0.717, 1.165) is 21.8 Å². The van der Waals surface area contributed by atoms with Crippen LogP contribution in [0.15, 0.2) is 72.3 Å². The third-order valence-corrected chi connectivity index (χ3v) is 7.36. The van der Waals surface area contributed by atoms with Gasteiger partial charge in [-0.05, 0) is 60.4 Å². The topological polar surface area (TPSA) is 92.6 Å². The lowest BCUT2D eigenvalue weighted by Crippen LogP contribution is -3.06. The molecule has 2 heterocycles. The van der Waals surface area contributed by atoms with Gasteiger partial charge in [-0.15, -0.1) is 0 Å². The van der Waals surface area contributed by atoms with Crippen LogP contribution in [-0.2, 0) is 22.6 Å². The van der Waals surface area contributed by atoms with E-state index in [4.69, 9.17) is 14.2 Å². The van der Waals surface area contributed by atoms with Crippen LogP contribution in [0.3, 0.4) is 0 Å². The molecule has 0 spiro atoms. The molecule has 8 nitrogen and oxygen atoms in total. The summed E-state index contributed by atoms with van der Waals surface area (Å²) in [6.07, 6.45) is 0.705. The maximum Gasteiger partial charge on any atom is 0.295 e. The van der Waals surface area contributed by atoms with Crippen molar-refractivity contribution in [3.8, 4) is 17.2 Å². The van der Waals surface area contributed by atoms with Crippen molar-refractivity contribution in [2.24, 2.45) is 0 Å². The average Bonchev–Trinajstić information content (AvgIpc) is 3.46. The molecule has 8 heteroatoms. The smallest absolute Gasteiger partial charge is 0.295 e. The molecule has 1 saturated heterocycles. The van der Waals surface area contributed by atoms with E-state index >= 15 is 0 Å². The normalized spacial score (nSPS) is 19.4. The van der Waals surface area contributed by atoms with E-state index in [2.05, 4.69) is 0 Å². The average molecular weight is 557 g/mol. The van der Waals surface area contributed by atoms with E-state index in [1.807, 2.05) is 58.3 Å². The minimum Gasteiger partial charge on any atom is -0.872 e. The van der Waals surface area contributed by atoms with Crippen molar-refractivity contribution in [2.45, 2.75) is 39.0 Å². The molecule has 0 saturated carbocycles. The van der Waals surface area contributed by atoms with Gasteiger partial charge in [0.05, 0.1) is 39.8 Å². The van der Waals surface area contributed by atoms with Crippen LogP contribution in [0, 0.1) is 0 Å². The number of likely N-dealkylation sites (N-methyl/N-ethyl adjacent to an activating group) is 1. The minimum atomic E-state index is -0.840. The first-order valence-corrected chi connectivity index (χ1v) is 14.1. The Morgan fingerprint density at radius 1 is 1.02 bits per heavy atom. The summed E-state index contributed by atoms with van der Waals surface area (Å²) in [4.78, 5) is 29.4. The number of hydrogen-bond acceptors (Lipinski definition) is 6. The predicted octanol–water partition coefficient (Wildman–Crippen LogP) is 2.36. The Morgan fingerprint density at radius 2 is 1.80 bits per heavy atom. The number of likely N-dealkylation sites (tertiary alicyclic amines) is 1. The zero-order chi connectivity index (χ0) is 29.1. The minimum absolute atomic E-state index is 0.0223. The monoisotopic (exact) mass is 556 g/mol. The predicted molar refractivity (Wildman–Crippen MR) is 153 cm³/mol. The van der Waals surface area contributed by atoms with Crippen molar-refractivity contribution in [3.05, 3.63) is 94.6 Å². The Hall–Kier alpha value is -4.30. The summed E-state index contributed by atoms with van der Waals surface area (Å²) in [7, 11) is 3.96. The molecule has 2 aliphatic heterocycles. The molecule has 2 aliphatic rings. The molecule has 0 aromatic heterocycles. The van der Waals surface area contributed by atoms with Crippen LogP contribution in [0.4, 0.5) is 0 Å². The highest BCUT2D eigenvalue weighted by Gasteiger charge is 2.44. The first-order valence-electron chi connectivity index (χ1n) is 14.1. The summed E-state index contributed by atoms with van der Waals surface area (Å²) < 4.78 is 17.8. The summed E-state index contributed by atoms with van der Waals surface area (Å²) in [5, 5.41) is 13.9. The third kappa shape index (κ3) is 5.93. The Balaban J connectivity index is 1.56. The number of rotatable bonds is 10. The van der Waals surface area contributed by atoms with Crippen LogP contribution in [0.5, 0.6) is 17.2 Å². The molecule has 214 valence electrons. The van der Waals surface area contributed by atoms with Gasteiger partial charge in [0, 0.05) is 12.0 Å². The number of carbonyl (C=O) groups is 2. The Morgan fingerprint density at radius 3 is 2.54 bits per heavy atom. The van der Waals surface area contributed by atoms with E-state index in [1.54, 1.807) is 36.4 Å². The van der Waals surface area contributed by atoms with Gasteiger partial charge in [0.1, 0.15) is 18.5 Å². The third-order valence-electron chi connectivity index (χ3n) is 7.36. The molecule has 2 unspecified atom stereocenters. The summed E-state index contributed by atoms with van der Waals surface area (Å²) >= 11 is 0. The molecule has 1 N–H and O–H groups in total. The van der Waals surface area contributed by atoms with Crippen LogP contribution in [0.1, 0.15) is 42.1 Å². The van der Waals surface area contributed by atoms with Crippen molar-refractivity contribution >= 4 is 17.4 Å². The first-order chi connectivity index (χ1) is 19.8. The molecule has 3 aromatic rings. The second-order valence-electron chi connectivity index (χ2n) is 10.8. The van der Waals surface area contributed by atoms with Gasteiger partial charge in [-0.25, -0.2) is 0 Å². The van der Waals surface area contributed by atoms with E-state index in [1.165, 1.54) is 4.90 Å². The molecule has 5 rings (SSSR count). The molecule has 0 bridgehead atoms. The van der Waals surface area contributed by atoms with Gasteiger partial charge in [0.2, 0.25) is 5.78 Å². The fraction of sp³-hybridized carbons (Fsp3) is 0.333. The molecular formula is C33H36N2O6. The number of fused-ring (bicyclic) bond motifs is 1. The van der Waals surface area contributed by atoms with Crippen LogP contribution in [0.25, 0.3) is 5.76 Å². The second kappa shape index (κ2) is 12.1. The SMILES string of the molecule is CCOc1cc(C2/C(=C(\[O-])c3ccc4c(c3)CC(C)O4)C(=O)C(=O)N2CC[NH+](C)C)ccc1OCc1ccccc1. The first kappa shape index (κ1) is 28.2. The number of carbonyl (C=O) groups excluding carboxylic acids is 2. The number of Topliss-reactive ketones (excluding diaryl/α,β-unsaturated/α-hetero) is 1. The number of hydrogen-bond donors (Lipinski definition) is 1. The van der Waals surface area contributed by atoms with E-state index in [-0.39, 0.29) is 11.7 Å². The molecule has 0 aliphatic carbocycles. The molecule has 1 fully saturated rings. The van der Waals surface area contributed by atoms with Gasteiger partial charge in [0.25, 0.3) is 5.91 Å². The van der Waals surface area contributed by atoms with Crippen molar-refractivity contribution in [3.63, 3.8) is 0 Å². The highest BCUT2D eigenvalue weighted by atomic mass is 16.5. The maximum absolute atomic E-state index is 13.9. The highest BCUT2D eigenvalue weighted by Crippen LogP contribution is 2.42. The lowest BCUT2D eigenvalue weighted by atomic mass is 9.94. The quantitative estimate of drug-likeness (QED) is 0.234. The Kier molecular flexibility index (Phi) is 8.31. The van der Waals surface area contributed by atoms with Crippen molar-refractivity contribution in [1.82, 2.24) is 4.90 Å². The number of ketones is 1. The number of quaternary nitrogens is 1. The van der Waals surface area contributed by atoms with Crippen molar-refractivity contribution < 1.29 is 33.8 Å². The molecule has 41 heavy (non-hydrogen) atoms. The number of nitrogens with one attached hydrogen (secondary N) is 1. The van der Waals surface area contributed by atoms with Gasteiger partial charge in [-0.1, -0.05) is 48.2 Å². The van der Waals surface area contributed by atoms with Gasteiger partial charge in [-0.3, -0.25) is 9.59 Å². The highest BCUT2D eigenvalue weighted by molar-refractivity contribution is 6.46.